The van der Waals surface area contributed by atoms with Gasteiger partial charge in [0.15, 0.2) is 0 Å². The Hall–Kier alpha value is -1.71. The van der Waals surface area contributed by atoms with Gasteiger partial charge in [0.1, 0.15) is 15.5 Å². The van der Waals surface area contributed by atoms with Crippen molar-refractivity contribution in [2.24, 2.45) is 5.84 Å². The fourth-order valence-corrected chi connectivity index (χ4v) is 2.30. The van der Waals surface area contributed by atoms with Gasteiger partial charge in [0, 0.05) is 25.4 Å². The first-order chi connectivity index (χ1) is 9.23. The third-order valence-corrected chi connectivity index (χ3v) is 3.63. The molecule has 0 saturated heterocycles. The SMILES string of the molecule is CN(CCS(C)(=O)=O)Cc1ccc(NN)c([N+](=O)[O-])c1. The number of nitrogen functional groups attached to an aromatic ring is 1. The highest BCUT2D eigenvalue weighted by Gasteiger charge is 2.14. The number of sulfone groups is 1. The summed E-state index contributed by atoms with van der Waals surface area (Å²) in [5.41, 5.74) is 3.11. The van der Waals surface area contributed by atoms with Crippen molar-refractivity contribution in [2.45, 2.75) is 6.54 Å². The lowest BCUT2D eigenvalue weighted by Gasteiger charge is -2.16. The molecule has 0 unspecified atom stereocenters. The Balaban J connectivity index is 2.78. The largest absolute Gasteiger partial charge is 0.318 e. The molecule has 0 aliphatic rings. The van der Waals surface area contributed by atoms with E-state index in [-0.39, 0.29) is 17.1 Å². The van der Waals surface area contributed by atoms with Crippen LogP contribution in [0.5, 0.6) is 0 Å². The molecule has 0 aromatic heterocycles. The maximum atomic E-state index is 11.1. The fraction of sp³-hybridized carbons (Fsp3) is 0.455. The number of benzene rings is 1. The smallest absolute Gasteiger partial charge is 0.293 e. The molecule has 0 bridgehead atoms. The van der Waals surface area contributed by atoms with E-state index >= 15 is 0 Å². The van der Waals surface area contributed by atoms with Crippen molar-refractivity contribution < 1.29 is 13.3 Å². The highest BCUT2D eigenvalue weighted by Crippen LogP contribution is 2.25. The van der Waals surface area contributed by atoms with Crippen LogP contribution in [0.25, 0.3) is 0 Å². The van der Waals surface area contributed by atoms with E-state index in [0.717, 1.165) is 0 Å². The highest BCUT2D eigenvalue weighted by molar-refractivity contribution is 7.90. The van der Waals surface area contributed by atoms with Crippen molar-refractivity contribution in [1.82, 2.24) is 4.90 Å². The molecule has 0 aliphatic carbocycles. The van der Waals surface area contributed by atoms with Crippen LogP contribution >= 0.6 is 0 Å². The van der Waals surface area contributed by atoms with E-state index in [0.29, 0.717) is 18.7 Å². The summed E-state index contributed by atoms with van der Waals surface area (Å²) >= 11 is 0. The van der Waals surface area contributed by atoms with Crippen molar-refractivity contribution in [1.29, 1.82) is 0 Å². The summed E-state index contributed by atoms with van der Waals surface area (Å²) in [5, 5.41) is 10.9. The molecule has 0 aliphatic heterocycles. The molecule has 112 valence electrons. The summed E-state index contributed by atoms with van der Waals surface area (Å²) in [7, 11) is -1.26. The number of nitrogens with zero attached hydrogens (tertiary/aromatic N) is 2. The van der Waals surface area contributed by atoms with Crippen LogP contribution in [0.2, 0.25) is 0 Å². The summed E-state index contributed by atoms with van der Waals surface area (Å²) in [5.74, 6) is 5.25. The average molecular weight is 302 g/mol. The number of hydrogen-bond donors (Lipinski definition) is 2. The van der Waals surface area contributed by atoms with Crippen LogP contribution in [0.3, 0.4) is 0 Å². The number of rotatable bonds is 7. The van der Waals surface area contributed by atoms with Gasteiger partial charge < -0.3 is 10.3 Å². The van der Waals surface area contributed by atoms with Crippen molar-refractivity contribution in [3.8, 4) is 0 Å². The molecule has 0 radical (unpaired) electrons. The van der Waals surface area contributed by atoms with Gasteiger partial charge in [-0.25, -0.2) is 8.42 Å². The molecule has 1 aromatic carbocycles. The predicted molar refractivity (Wildman–Crippen MR) is 77.0 cm³/mol. The normalized spacial score (nSPS) is 11.6. The summed E-state index contributed by atoms with van der Waals surface area (Å²) in [6.07, 6.45) is 1.17. The van der Waals surface area contributed by atoms with Crippen LogP contribution in [0.4, 0.5) is 11.4 Å². The van der Waals surface area contributed by atoms with Crippen LogP contribution in [-0.4, -0.2) is 43.8 Å². The average Bonchev–Trinajstić information content (AvgIpc) is 2.35. The second-order valence-corrected chi connectivity index (χ2v) is 6.88. The first-order valence-electron chi connectivity index (χ1n) is 5.83. The lowest BCUT2D eigenvalue weighted by atomic mass is 10.1. The van der Waals surface area contributed by atoms with Crippen molar-refractivity contribution in [3.63, 3.8) is 0 Å². The Kier molecular flexibility index (Phi) is 5.43. The van der Waals surface area contributed by atoms with E-state index < -0.39 is 14.8 Å². The molecule has 0 amide bonds. The number of hydrogen-bond acceptors (Lipinski definition) is 7. The lowest BCUT2D eigenvalue weighted by Crippen LogP contribution is -2.25. The maximum Gasteiger partial charge on any atom is 0.293 e. The van der Waals surface area contributed by atoms with Gasteiger partial charge in [-0.05, 0) is 18.7 Å². The van der Waals surface area contributed by atoms with Gasteiger partial charge in [0.25, 0.3) is 5.69 Å². The second kappa shape index (κ2) is 6.64. The Morgan fingerprint density at radius 2 is 2.10 bits per heavy atom. The zero-order chi connectivity index (χ0) is 15.3. The van der Waals surface area contributed by atoms with E-state index in [1.54, 1.807) is 18.0 Å². The molecular formula is C11H18N4O4S. The first-order valence-corrected chi connectivity index (χ1v) is 7.89. The van der Waals surface area contributed by atoms with Gasteiger partial charge in [-0.3, -0.25) is 16.0 Å². The molecule has 1 aromatic rings. The van der Waals surface area contributed by atoms with Crippen molar-refractivity contribution in [3.05, 3.63) is 33.9 Å². The molecule has 0 atom stereocenters. The quantitative estimate of drug-likeness (QED) is 0.424. The number of anilines is 1. The second-order valence-electron chi connectivity index (χ2n) is 4.62. The third kappa shape index (κ3) is 5.11. The molecule has 0 spiro atoms. The maximum absolute atomic E-state index is 11.1. The first kappa shape index (κ1) is 16.3. The van der Waals surface area contributed by atoms with Crippen LogP contribution in [0.1, 0.15) is 5.56 Å². The van der Waals surface area contributed by atoms with E-state index in [9.17, 15) is 18.5 Å². The number of nitro groups is 1. The van der Waals surface area contributed by atoms with Gasteiger partial charge in [-0.2, -0.15) is 0 Å². The van der Waals surface area contributed by atoms with Crippen LogP contribution in [-0.2, 0) is 16.4 Å². The number of hydrazine groups is 1. The Labute approximate surface area is 117 Å². The molecule has 8 nitrogen and oxygen atoms in total. The number of nitrogens with two attached hydrogens (primary N) is 1. The van der Waals surface area contributed by atoms with Crippen molar-refractivity contribution >= 4 is 21.2 Å². The standard InChI is InChI=1S/C11H18N4O4S/c1-14(5-6-20(2,18)19)8-9-3-4-10(13-12)11(7-9)15(16)17/h3-4,7,13H,5-6,8,12H2,1-2H3. The Bertz CT molecular complexity index is 588. The molecule has 0 heterocycles. The molecule has 0 saturated carbocycles. The summed E-state index contributed by atoms with van der Waals surface area (Å²) < 4.78 is 22.2. The van der Waals surface area contributed by atoms with Gasteiger partial charge in [-0.1, -0.05) is 6.07 Å². The fourth-order valence-electron chi connectivity index (χ4n) is 1.66. The lowest BCUT2D eigenvalue weighted by molar-refractivity contribution is -0.384. The molecule has 9 heteroatoms. The highest BCUT2D eigenvalue weighted by atomic mass is 32.2. The minimum absolute atomic E-state index is 0.0496. The molecule has 0 fully saturated rings. The molecule has 20 heavy (non-hydrogen) atoms. The summed E-state index contributed by atoms with van der Waals surface area (Å²) in [4.78, 5) is 12.2. The predicted octanol–water partition coefficient (Wildman–Crippen LogP) is 0.357. The minimum atomic E-state index is -3.02. The summed E-state index contributed by atoms with van der Waals surface area (Å²) in [6, 6.07) is 4.66. The Morgan fingerprint density at radius 1 is 1.45 bits per heavy atom. The van der Waals surface area contributed by atoms with Crippen LogP contribution in [0.15, 0.2) is 18.2 Å². The minimum Gasteiger partial charge on any atom is -0.318 e. The monoisotopic (exact) mass is 302 g/mol. The van der Waals surface area contributed by atoms with Gasteiger partial charge >= 0.3 is 0 Å². The Morgan fingerprint density at radius 3 is 2.60 bits per heavy atom. The molecule has 1 rings (SSSR count). The van der Waals surface area contributed by atoms with Crippen LogP contribution < -0.4 is 11.3 Å². The van der Waals surface area contributed by atoms with Gasteiger partial charge in [0.2, 0.25) is 0 Å². The zero-order valence-electron chi connectivity index (χ0n) is 11.4. The van der Waals surface area contributed by atoms with Crippen molar-refractivity contribution in [2.75, 3.05) is 31.0 Å². The summed E-state index contributed by atoms with van der Waals surface area (Å²) in [6.45, 7) is 0.782. The van der Waals surface area contributed by atoms with E-state index in [4.69, 9.17) is 5.84 Å². The van der Waals surface area contributed by atoms with Gasteiger partial charge in [-0.15, -0.1) is 0 Å². The zero-order valence-corrected chi connectivity index (χ0v) is 12.2. The van der Waals surface area contributed by atoms with Gasteiger partial charge in [0.05, 0.1) is 10.7 Å². The molecular weight excluding hydrogens is 284 g/mol. The third-order valence-electron chi connectivity index (χ3n) is 2.71. The van der Waals surface area contributed by atoms with E-state index in [1.807, 2.05) is 0 Å². The van der Waals surface area contributed by atoms with E-state index in [1.165, 1.54) is 18.4 Å². The van der Waals surface area contributed by atoms with E-state index in [2.05, 4.69) is 5.43 Å². The van der Waals surface area contributed by atoms with Crippen LogP contribution in [0, 0.1) is 10.1 Å². The number of nitrogens with one attached hydrogen (secondary N) is 1. The topological polar surface area (TPSA) is 119 Å². The molecule has 3 N–H and O–H groups in total. The number of nitro benzene ring substituents is 1.